The molecule has 0 radical (unpaired) electrons. The summed E-state index contributed by atoms with van der Waals surface area (Å²) < 4.78 is 0. The fourth-order valence-electron chi connectivity index (χ4n) is 6.01. The summed E-state index contributed by atoms with van der Waals surface area (Å²) >= 11 is 0. The van der Waals surface area contributed by atoms with Crippen LogP contribution in [-0.2, 0) is 4.79 Å². The summed E-state index contributed by atoms with van der Waals surface area (Å²) in [6.45, 7) is 21.3. The van der Waals surface area contributed by atoms with Gasteiger partial charge in [0.1, 0.15) is 0 Å². The van der Waals surface area contributed by atoms with Crippen molar-refractivity contribution < 1.29 is 4.79 Å². The minimum Gasteiger partial charge on any atom is -0.290 e. The lowest BCUT2D eigenvalue weighted by molar-refractivity contribution is -0.111. The summed E-state index contributed by atoms with van der Waals surface area (Å²) in [4.78, 5) is 22.5. The molecule has 0 bridgehead atoms. The van der Waals surface area contributed by atoms with Crippen LogP contribution in [0.5, 0.6) is 0 Å². The number of carbonyl (C=O) groups is 1. The largest absolute Gasteiger partial charge is 0.290 e. The van der Waals surface area contributed by atoms with E-state index in [1.165, 1.54) is 42.4 Å². The third-order valence-electron chi connectivity index (χ3n) is 8.63. The van der Waals surface area contributed by atoms with Gasteiger partial charge in [-0.25, -0.2) is 0 Å². The number of carbonyl (C=O) groups excluding carboxylic acids is 1. The molecular formula is C37H48N2O. The summed E-state index contributed by atoms with van der Waals surface area (Å²) in [7, 11) is 1.76. The molecule has 0 saturated heterocycles. The Kier molecular flexibility index (Phi) is 11.2. The highest BCUT2D eigenvalue weighted by molar-refractivity contribution is 6.19. The van der Waals surface area contributed by atoms with Gasteiger partial charge < -0.3 is 0 Å². The zero-order valence-corrected chi connectivity index (χ0v) is 25.9. The predicted molar refractivity (Wildman–Crippen MR) is 173 cm³/mol. The molecule has 0 N–H and O–H groups in total. The van der Waals surface area contributed by atoms with E-state index >= 15 is 0 Å². The first-order chi connectivity index (χ1) is 19.1. The van der Waals surface area contributed by atoms with E-state index in [0.29, 0.717) is 35.2 Å². The van der Waals surface area contributed by atoms with Crippen molar-refractivity contribution in [2.45, 2.75) is 86.5 Å². The lowest BCUT2D eigenvalue weighted by Crippen LogP contribution is -2.06. The van der Waals surface area contributed by atoms with Crippen LogP contribution in [0.4, 0.5) is 0 Å². The molecule has 0 aromatic rings. The number of hydrogen-bond donors (Lipinski definition) is 0. The van der Waals surface area contributed by atoms with Gasteiger partial charge in [0.2, 0.25) is 0 Å². The number of aliphatic imine (C=N–C) groups is 2. The highest BCUT2D eigenvalue weighted by atomic mass is 16.1. The van der Waals surface area contributed by atoms with E-state index in [4.69, 9.17) is 4.99 Å². The molecule has 1 saturated carbocycles. The van der Waals surface area contributed by atoms with Gasteiger partial charge in [0.25, 0.3) is 0 Å². The van der Waals surface area contributed by atoms with Crippen molar-refractivity contribution in [2.75, 3.05) is 7.05 Å². The molecule has 0 aromatic heterocycles. The van der Waals surface area contributed by atoms with Crippen LogP contribution < -0.4 is 0 Å². The zero-order chi connectivity index (χ0) is 29.4. The second-order valence-corrected chi connectivity index (χ2v) is 11.6. The lowest BCUT2D eigenvalue weighted by Gasteiger charge is -2.16. The van der Waals surface area contributed by atoms with Crippen LogP contribution >= 0.6 is 0 Å². The number of ketones is 1. The van der Waals surface area contributed by atoms with Crippen LogP contribution in [0.1, 0.15) is 86.5 Å². The van der Waals surface area contributed by atoms with Crippen molar-refractivity contribution in [3.05, 3.63) is 100 Å². The van der Waals surface area contributed by atoms with E-state index in [9.17, 15) is 4.79 Å². The number of hydrogen-bond acceptors (Lipinski definition) is 3. The van der Waals surface area contributed by atoms with E-state index in [1.807, 2.05) is 0 Å². The minimum absolute atomic E-state index is 0.0927. The summed E-state index contributed by atoms with van der Waals surface area (Å²) in [5, 5.41) is 0. The van der Waals surface area contributed by atoms with Gasteiger partial charge in [0.15, 0.2) is 5.78 Å². The predicted octanol–water partition coefficient (Wildman–Crippen LogP) is 9.59. The van der Waals surface area contributed by atoms with Crippen LogP contribution in [-0.4, -0.2) is 24.3 Å². The summed E-state index contributed by atoms with van der Waals surface area (Å²) in [5.41, 5.74) is 13.5. The minimum atomic E-state index is -0.0927. The van der Waals surface area contributed by atoms with Crippen LogP contribution in [0.2, 0.25) is 0 Å². The standard InChI is InChI=1S/C37H48N2O/c1-10-12-31-15-16-32(14-13-24(31)3)30(11-2)17-18-33-21-29(8)37(40)23-36(39-33)35(38-9)22-34-27(6)19-25(4)26(5)20-28(34)7/h11,17-19,22-23,27,31-32H,3,8,10,12-16,21H2,1-2,4-7,9H3/b18-17-,30-11+,34-22+,38-35+. The first-order valence-electron chi connectivity index (χ1n) is 14.9. The second kappa shape index (κ2) is 14.4. The Morgan fingerprint density at radius 2 is 1.93 bits per heavy atom. The summed E-state index contributed by atoms with van der Waals surface area (Å²) in [5.74, 6) is 1.28. The average Bonchev–Trinajstić information content (AvgIpc) is 3.22. The van der Waals surface area contributed by atoms with Gasteiger partial charge in [-0.3, -0.25) is 14.8 Å². The van der Waals surface area contributed by atoms with Crippen LogP contribution in [0, 0.1) is 17.8 Å². The van der Waals surface area contributed by atoms with Gasteiger partial charge in [-0.1, -0.05) is 57.2 Å². The fourth-order valence-corrected chi connectivity index (χ4v) is 6.01. The zero-order valence-electron chi connectivity index (χ0n) is 25.9. The maximum absolute atomic E-state index is 12.9. The van der Waals surface area contributed by atoms with Gasteiger partial charge in [0, 0.05) is 31.2 Å². The third kappa shape index (κ3) is 7.89. The third-order valence-corrected chi connectivity index (χ3v) is 8.63. The van der Waals surface area contributed by atoms with Crippen LogP contribution in [0.3, 0.4) is 0 Å². The molecule has 0 spiro atoms. The molecule has 2 aliphatic carbocycles. The van der Waals surface area contributed by atoms with Gasteiger partial charge in [0.05, 0.1) is 11.4 Å². The van der Waals surface area contributed by atoms with Gasteiger partial charge in [-0.15, -0.1) is 5.73 Å². The lowest BCUT2D eigenvalue weighted by atomic mass is 9.89. The molecule has 3 heteroatoms. The molecule has 3 aliphatic rings. The van der Waals surface area contributed by atoms with Crippen molar-refractivity contribution in [1.82, 2.24) is 0 Å². The molecule has 1 heterocycles. The van der Waals surface area contributed by atoms with E-state index in [2.05, 4.69) is 95.8 Å². The smallest absolute Gasteiger partial charge is 0.183 e. The monoisotopic (exact) mass is 536 g/mol. The van der Waals surface area contributed by atoms with Crippen molar-refractivity contribution in [2.24, 2.45) is 27.7 Å². The van der Waals surface area contributed by atoms with Crippen molar-refractivity contribution in [3.8, 4) is 0 Å². The summed E-state index contributed by atoms with van der Waals surface area (Å²) in [6, 6.07) is 0. The molecule has 3 nitrogen and oxygen atoms in total. The van der Waals surface area contributed by atoms with E-state index in [-0.39, 0.29) is 11.7 Å². The van der Waals surface area contributed by atoms with E-state index < -0.39 is 0 Å². The maximum Gasteiger partial charge on any atom is 0.183 e. The van der Waals surface area contributed by atoms with Crippen molar-refractivity contribution in [1.29, 1.82) is 0 Å². The molecule has 1 aliphatic heterocycles. The topological polar surface area (TPSA) is 41.8 Å². The Morgan fingerprint density at radius 3 is 2.60 bits per heavy atom. The fraction of sp³-hybridized carbons (Fsp3) is 0.459. The molecule has 1 fully saturated rings. The average molecular weight is 537 g/mol. The van der Waals surface area contributed by atoms with E-state index in [1.54, 1.807) is 13.1 Å². The first kappa shape index (κ1) is 31.2. The quantitative estimate of drug-likeness (QED) is 0.0797. The normalized spacial score (nSPS) is 26.6. The molecule has 3 unspecified atom stereocenters. The van der Waals surface area contributed by atoms with Gasteiger partial charge >= 0.3 is 0 Å². The Labute approximate surface area is 243 Å². The number of allylic oxidation sites excluding steroid dienone is 12. The van der Waals surface area contributed by atoms with Crippen molar-refractivity contribution >= 4 is 17.2 Å². The summed E-state index contributed by atoms with van der Waals surface area (Å²) in [6.07, 6.45) is 19.9. The first-order valence-corrected chi connectivity index (χ1v) is 14.9. The molecule has 40 heavy (non-hydrogen) atoms. The molecule has 3 atom stereocenters. The Bertz CT molecular complexity index is 1330. The Hall–Kier alpha value is -3.29. The second-order valence-electron chi connectivity index (χ2n) is 11.6. The van der Waals surface area contributed by atoms with Crippen LogP contribution in [0.15, 0.2) is 110 Å². The maximum atomic E-state index is 12.9. The Morgan fingerprint density at radius 1 is 1.18 bits per heavy atom. The van der Waals surface area contributed by atoms with Crippen molar-refractivity contribution in [3.63, 3.8) is 0 Å². The molecule has 0 amide bonds. The SMILES string of the molecule is C=C1CC(/C=C\C(=C/C)C2CCC(=C)C(CCC)CC2)=NC(C(/C=C2/C(C)=C=C(C)C(C)=CC2C)=N/C)=CC1=O. The highest BCUT2D eigenvalue weighted by Gasteiger charge is 2.23. The molecule has 3 rings (SSSR count). The van der Waals surface area contributed by atoms with Crippen LogP contribution in [0.25, 0.3) is 0 Å². The highest BCUT2D eigenvalue weighted by Crippen LogP contribution is 2.36. The number of nitrogens with zero attached hydrogens (tertiary/aromatic N) is 2. The van der Waals surface area contributed by atoms with Gasteiger partial charge in [-0.2, -0.15) is 0 Å². The molecular weight excluding hydrogens is 488 g/mol. The van der Waals surface area contributed by atoms with Gasteiger partial charge in [-0.05, 0) is 117 Å². The Balaban J connectivity index is 1.92. The molecule has 0 aromatic carbocycles. The van der Waals surface area contributed by atoms with E-state index in [0.717, 1.165) is 35.3 Å². The number of rotatable bonds is 7. The molecule has 212 valence electrons.